The van der Waals surface area contributed by atoms with Crippen molar-refractivity contribution in [1.82, 2.24) is 4.57 Å². The molecular formula is C27H25NO6. The van der Waals surface area contributed by atoms with Gasteiger partial charge in [0.15, 0.2) is 6.10 Å². The molecule has 0 saturated carbocycles. The fourth-order valence-electron chi connectivity index (χ4n) is 4.79. The topological polar surface area (TPSA) is 87.0 Å². The Bertz CT molecular complexity index is 1490. The molecular weight excluding hydrogens is 434 g/mol. The Balaban J connectivity index is 1.75. The molecule has 4 aromatic rings. The zero-order valence-corrected chi connectivity index (χ0v) is 19.4. The van der Waals surface area contributed by atoms with Gasteiger partial charge < -0.3 is 23.9 Å². The van der Waals surface area contributed by atoms with Gasteiger partial charge in [0.25, 0.3) is 0 Å². The van der Waals surface area contributed by atoms with Crippen molar-refractivity contribution in [3.63, 3.8) is 0 Å². The molecule has 2 atom stereocenters. The summed E-state index contributed by atoms with van der Waals surface area (Å²) in [5.74, 6) is 0.156. The second-order valence-corrected chi connectivity index (χ2v) is 8.96. The molecule has 1 aliphatic rings. The van der Waals surface area contributed by atoms with Gasteiger partial charge in [-0.05, 0) is 38.1 Å². The molecule has 34 heavy (non-hydrogen) atoms. The van der Waals surface area contributed by atoms with Gasteiger partial charge in [-0.3, -0.25) is 4.79 Å². The Morgan fingerprint density at radius 3 is 2.47 bits per heavy atom. The maximum absolute atomic E-state index is 13.5. The molecule has 0 aliphatic carbocycles. The monoisotopic (exact) mass is 459 g/mol. The van der Waals surface area contributed by atoms with Crippen LogP contribution in [-0.4, -0.2) is 34.5 Å². The van der Waals surface area contributed by atoms with Gasteiger partial charge in [0.2, 0.25) is 5.43 Å². The summed E-state index contributed by atoms with van der Waals surface area (Å²) in [6.45, 7) is 3.50. The molecule has 0 amide bonds. The molecule has 174 valence electrons. The fourth-order valence-corrected chi connectivity index (χ4v) is 4.79. The molecule has 1 aromatic heterocycles. The Hall–Kier alpha value is -3.84. The minimum absolute atomic E-state index is 0.210. The van der Waals surface area contributed by atoms with Crippen molar-refractivity contribution in [3.8, 4) is 11.5 Å². The van der Waals surface area contributed by atoms with E-state index in [4.69, 9.17) is 14.2 Å². The molecule has 0 spiro atoms. The molecule has 1 N–H and O–H groups in total. The second kappa shape index (κ2) is 7.88. The van der Waals surface area contributed by atoms with Crippen LogP contribution in [0.4, 0.5) is 0 Å². The summed E-state index contributed by atoms with van der Waals surface area (Å²) < 4.78 is 19.5. The van der Waals surface area contributed by atoms with Gasteiger partial charge in [0, 0.05) is 18.5 Å². The van der Waals surface area contributed by atoms with E-state index < -0.39 is 23.8 Å². The Morgan fingerprint density at radius 2 is 1.76 bits per heavy atom. The number of carbonyl (C=O) groups is 1. The maximum Gasteiger partial charge on any atom is 0.338 e. The van der Waals surface area contributed by atoms with Crippen molar-refractivity contribution < 1.29 is 24.1 Å². The average Bonchev–Trinajstić information content (AvgIpc) is 2.84. The summed E-state index contributed by atoms with van der Waals surface area (Å²) in [5.41, 5.74) is 0.664. The van der Waals surface area contributed by atoms with Crippen molar-refractivity contribution in [2.75, 3.05) is 7.11 Å². The van der Waals surface area contributed by atoms with E-state index in [0.717, 1.165) is 0 Å². The summed E-state index contributed by atoms with van der Waals surface area (Å²) in [6.07, 6.45) is -2.27. The highest BCUT2D eigenvalue weighted by Gasteiger charge is 2.48. The molecule has 0 radical (unpaired) electrons. The SMILES string of the molecule is COc1cc2c(c3c1c(=O)c1ccccc1n3C)[C@H](O)[C@H](OC(=O)c1ccccc1)C(C)(C)O2. The maximum atomic E-state index is 13.5. The van der Waals surface area contributed by atoms with Gasteiger partial charge in [-0.2, -0.15) is 0 Å². The van der Waals surface area contributed by atoms with E-state index in [9.17, 15) is 14.7 Å². The van der Waals surface area contributed by atoms with E-state index in [0.29, 0.717) is 44.4 Å². The van der Waals surface area contributed by atoms with Gasteiger partial charge in [0.05, 0.1) is 34.7 Å². The number of pyridine rings is 1. The highest BCUT2D eigenvalue weighted by molar-refractivity contribution is 5.99. The zero-order chi connectivity index (χ0) is 24.2. The summed E-state index contributed by atoms with van der Waals surface area (Å²) in [4.78, 5) is 26.3. The minimum atomic E-state index is -1.24. The lowest BCUT2D eigenvalue weighted by molar-refractivity contribution is -0.118. The van der Waals surface area contributed by atoms with Gasteiger partial charge in [-0.1, -0.05) is 30.3 Å². The molecule has 0 bridgehead atoms. The highest BCUT2D eigenvalue weighted by Crippen LogP contribution is 2.47. The molecule has 2 heterocycles. The van der Waals surface area contributed by atoms with E-state index in [2.05, 4.69) is 0 Å². The summed E-state index contributed by atoms with van der Waals surface area (Å²) in [5, 5.41) is 12.5. The van der Waals surface area contributed by atoms with Crippen LogP contribution in [0.3, 0.4) is 0 Å². The lowest BCUT2D eigenvalue weighted by atomic mass is 9.86. The van der Waals surface area contributed by atoms with Crippen molar-refractivity contribution in [2.45, 2.75) is 31.7 Å². The van der Waals surface area contributed by atoms with Crippen LogP contribution < -0.4 is 14.9 Å². The first kappa shape index (κ1) is 22.0. The van der Waals surface area contributed by atoms with E-state index in [-0.39, 0.29) is 5.43 Å². The number of methoxy groups -OCH3 is 1. The number of aliphatic hydroxyl groups excluding tert-OH is 1. The molecule has 3 aromatic carbocycles. The minimum Gasteiger partial charge on any atom is -0.496 e. The van der Waals surface area contributed by atoms with Gasteiger partial charge in [-0.15, -0.1) is 0 Å². The number of hydrogen-bond acceptors (Lipinski definition) is 6. The standard InChI is InChI=1S/C27H25NO6/c1-27(2)25(33-26(31)15-10-6-5-7-11-15)24(30)21-19(34-27)14-18(32-4)20-22(21)28(3)17-13-9-8-12-16(17)23(20)29/h5-14,24-25,30H,1-4H3/t24-,25-/m0/s1. The van der Waals surface area contributed by atoms with Crippen LogP contribution in [0.5, 0.6) is 11.5 Å². The van der Waals surface area contributed by atoms with Crippen LogP contribution in [0, 0.1) is 0 Å². The van der Waals surface area contributed by atoms with E-state index in [1.807, 2.05) is 23.7 Å². The van der Waals surface area contributed by atoms with Crippen LogP contribution in [0.15, 0.2) is 65.5 Å². The smallest absolute Gasteiger partial charge is 0.338 e. The number of aryl methyl sites for hydroxylation is 1. The third-order valence-corrected chi connectivity index (χ3v) is 6.44. The quantitative estimate of drug-likeness (QED) is 0.366. The van der Waals surface area contributed by atoms with E-state index in [1.165, 1.54) is 7.11 Å². The number of carbonyl (C=O) groups excluding carboxylic acids is 1. The highest BCUT2D eigenvalue weighted by atomic mass is 16.6. The lowest BCUT2D eigenvalue weighted by Crippen LogP contribution is -2.51. The largest absolute Gasteiger partial charge is 0.496 e. The number of ether oxygens (including phenoxy) is 3. The number of benzene rings is 3. The molecule has 7 heteroatoms. The summed E-state index contributed by atoms with van der Waals surface area (Å²) >= 11 is 0. The summed E-state index contributed by atoms with van der Waals surface area (Å²) in [6, 6.07) is 17.5. The number of hydrogen-bond donors (Lipinski definition) is 1. The number of aliphatic hydroxyl groups is 1. The molecule has 5 rings (SSSR count). The zero-order valence-electron chi connectivity index (χ0n) is 19.4. The molecule has 0 fully saturated rings. The predicted molar refractivity (Wildman–Crippen MR) is 129 cm³/mol. The Kier molecular flexibility index (Phi) is 5.10. The van der Waals surface area contributed by atoms with Gasteiger partial charge >= 0.3 is 5.97 Å². The van der Waals surface area contributed by atoms with Crippen molar-refractivity contribution in [3.05, 3.63) is 82.0 Å². The predicted octanol–water partition coefficient (Wildman–Crippen LogP) is 4.13. The van der Waals surface area contributed by atoms with Crippen LogP contribution in [-0.2, 0) is 11.8 Å². The second-order valence-electron chi connectivity index (χ2n) is 8.96. The van der Waals surface area contributed by atoms with E-state index >= 15 is 0 Å². The Morgan fingerprint density at radius 1 is 1.09 bits per heavy atom. The molecule has 1 aliphatic heterocycles. The van der Waals surface area contributed by atoms with Crippen molar-refractivity contribution in [2.24, 2.45) is 7.05 Å². The number of nitrogens with zero attached hydrogens (tertiary/aromatic N) is 1. The summed E-state index contributed by atoms with van der Waals surface area (Å²) in [7, 11) is 3.31. The van der Waals surface area contributed by atoms with Gasteiger partial charge in [-0.25, -0.2) is 4.79 Å². The van der Waals surface area contributed by atoms with Crippen molar-refractivity contribution >= 4 is 27.8 Å². The van der Waals surface area contributed by atoms with Crippen LogP contribution in [0.25, 0.3) is 21.8 Å². The molecule has 7 nitrogen and oxygen atoms in total. The van der Waals surface area contributed by atoms with Crippen LogP contribution in [0.1, 0.15) is 35.9 Å². The number of esters is 1. The number of fused-ring (bicyclic) bond motifs is 4. The Labute approximate surface area is 196 Å². The van der Waals surface area contributed by atoms with Crippen molar-refractivity contribution in [1.29, 1.82) is 0 Å². The normalized spacial score (nSPS) is 18.9. The third kappa shape index (κ3) is 3.23. The average molecular weight is 459 g/mol. The first-order chi connectivity index (χ1) is 16.2. The molecule has 0 unspecified atom stereocenters. The van der Waals surface area contributed by atoms with Gasteiger partial charge in [0.1, 0.15) is 23.2 Å². The first-order valence-electron chi connectivity index (χ1n) is 11.0. The van der Waals surface area contributed by atoms with E-state index in [1.54, 1.807) is 62.4 Å². The first-order valence-corrected chi connectivity index (χ1v) is 11.0. The van der Waals surface area contributed by atoms with Crippen LogP contribution in [0.2, 0.25) is 0 Å². The molecule has 0 saturated heterocycles. The van der Waals surface area contributed by atoms with Crippen LogP contribution >= 0.6 is 0 Å². The third-order valence-electron chi connectivity index (χ3n) is 6.44. The number of para-hydroxylation sites is 1. The lowest BCUT2D eigenvalue weighted by Gasteiger charge is -2.42. The number of rotatable bonds is 3. The number of aromatic nitrogens is 1. The fraction of sp³-hybridized carbons (Fsp3) is 0.259.